The van der Waals surface area contributed by atoms with Crippen LogP contribution >= 0.6 is 0 Å². The molecule has 1 aromatic rings. The van der Waals surface area contributed by atoms with Crippen molar-refractivity contribution in [1.29, 1.82) is 0 Å². The summed E-state index contributed by atoms with van der Waals surface area (Å²) in [5.41, 5.74) is 1.86. The standard InChI is InChI=1S/C12H11NO3/c1-7(14)9-3-4-10-6-12(16)13(8(2)15)11(10)5-9/h3-5H,6H2,1-2H3. The van der Waals surface area contributed by atoms with Crippen LogP contribution in [0, 0.1) is 0 Å². The van der Waals surface area contributed by atoms with Crippen LogP contribution in [0.5, 0.6) is 0 Å². The Kier molecular flexibility index (Phi) is 2.34. The number of fused-ring (bicyclic) bond motifs is 1. The maximum absolute atomic E-state index is 11.6. The molecule has 16 heavy (non-hydrogen) atoms. The fourth-order valence-electron chi connectivity index (χ4n) is 1.86. The molecule has 0 saturated carbocycles. The highest BCUT2D eigenvalue weighted by Gasteiger charge is 2.30. The molecule has 82 valence electrons. The van der Waals surface area contributed by atoms with Crippen molar-refractivity contribution in [2.24, 2.45) is 0 Å². The van der Waals surface area contributed by atoms with Gasteiger partial charge in [0.15, 0.2) is 5.78 Å². The SMILES string of the molecule is CC(=O)c1ccc2c(c1)N(C(C)=O)C(=O)C2. The van der Waals surface area contributed by atoms with E-state index in [1.807, 2.05) is 0 Å². The van der Waals surface area contributed by atoms with Crippen molar-refractivity contribution in [2.75, 3.05) is 4.90 Å². The Morgan fingerprint density at radius 2 is 1.94 bits per heavy atom. The number of anilines is 1. The molecular weight excluding hydrogens is 206 g/mol. The lowest BCUT2D eigenvalue weighted by Gasteiger charge is -2.13. The van der Waals surface area contributed by atoms with Gasteiger partial charge in [0.25, 0.3) is 0 Å². The van der Waals surface area contributed by atoms with E-state index in [0.29, 0.717) is 11.3 Å². The Morgan fingerprint density at radius 3 is 2.50 bits per heavy atom. The molecule has 0 aromatic heterocycles. The fraction of sp³-hybridized carbons (Fsp3) is 0.250. The van der Waals surface area contributed by atoms with E-state index in [9.17, 15) is 14.4 Å². The molecule has 2 amide bonds. The van der Waals surface area contributed by atoms with Crippen molar-refractivity contribution in [3.63, 3.8) is 0 Å². The highest BCUT2D eigenvalue weighted by molar-refractivity contribution is 6.19. The van der Waals surface area contributed by atoms with E-state index in [1.165, 1.54) is 13.8 Å². The third kappa shape index (κ3) is 1.52. The molecule has 4 nitrogen and oxygen atoms in total. The van der Waals surface area contributed by atoms with Crippen molar-refractivity contribution < 1.29 is 14.4 Å². The second-order valence-corrected chi connectivity index (χ2v) is 3.82. The van der Waals surface area contributed by atoms with Gasteiger partial charge >= 0.3 is 0 Å². The van der Waals surface area contributed by atoms with Gasteiger partial charge in [-0.1, -0.05) is 12.1 Å². The molecule has 2 rings (SSSR count). The molecule has 0 fully saturated rings. The lowest BCUT2D eigenvalue weighted by atomic mass is 10.1. The number of carbonyl (C=O) groups is 3. The summed E-state index contributed by atoms with van der Waals surface area (Å²) in [6.45, 7) is 2.80. The lowest BCUT2D eigenvalue weighted by Crippen LogP contribution is -2.31. The summed E-state index contributed by atoms with van der Waals surface area (Å²) in [6, 6.07) is 5.01. The van der Waals surface area contributed by atoms with E-state index in [-0.39, 0.29) is 24.0 Å². The van der Waals surface area contributed by atoms with Crippen molar-refractivity contribution in [3.8, 4) is 0 Å². The first kappa shape index (κ1) is 10.5. The Labute approximate surface area is 92.9 Å². The quantitative estimate of drug-likeness (QED) is 0.667. The van der Waals surface area contributed by atoms with Gasteiger partial charge in [-0.15, -0.1) is 0 Å². The Morgan fingerprint density at radius 1 is 1.25 bits per heavy atom. The number of benzene rings is 1. The Hall–Kier alpha value is -1.97. The molecule has 0 radical (unpaired) electrons. The van der Waals surface area contributed by atoms with Crippen LogP contribution < -0.4 is 4.90 Å². The van der Waals surface area contributed by atoms with Crippen molar-refractivity contribution >= 4 is 23.3 Å². The first-order valence-electron chi connectivity index (χ1n) is 4.98. The normalized spacial score (nSPS) is 13.9. The smallest absolute Gasteiger partial charge is 0.238 e. The summed E-state index contributed by atoms with van der Waals surface area (Å²) >= 11 is 0. The lowest BCUT2D eigenvalue weighted by molar-refractivity contribution is -0.124. The highest BCUT2D eigenvalue weighted by Crippen LogP contribution is 2.30. The zero-order valence-electron chi connectivity index (χ0n) is 9.11. The molecule has 0 aliphatic carbocycles. The van der Waals surface area contributed by atoms with E-state index in [4.69, 9.17) is 0 Å². The molecular formula is C12H11NO3. The molecule has 0 bridgehead atoms. The highest BCUT2D eigenvalue weighted by atomic mass is 16.2. The molecule has 1 aliphatic rings. The van der Waals surface area contributed by atoms with Gasteiger partial charge in [0.05, 0.1) is 12.1 Å². The first-order valence-corrected chi connectivity index (χ1v) is 4.98. The van der Waals surface area contributed by atoms with Gasteiger partial charge in [-0.3, -0.25) is 19.3 Å². The fourth-order valence-corrected chi connectivity index (χ4v) is 1.86. The van der Waals surface area contributed by atoms with Gasteiger partial charge in [0.1, 0.15) is 0 Å². The van der Waals surface area contributed by atoms with Crippen LogP contribution in [-0.2, 0) is 16.0 Å². The maximum Gasteiger partial charge on any atom is 0.238 e. The van der Waals surface area contributed by atoms with Crippen LogP contribution in [0.4, 0.5) is 5.69 Å². The second-order valence-electron chi connectivity index (χ2n) is 3.82. The van der Waals surface area contributed by atoms with Crippen molar-refractivity contribution in [1.82, 2.24) is 0 Å². The Bertz CT molecular complexity index is 505. The maximum atomic E-state index is 11.6. The summed E-state index contributed by atoms with van der Waals surface area (Å²) in [7, 11) is 0. The number of rotatable bonds is 1. The van der Waals surface area contributed by atoms with E-state index >= 15 is 0 Å². The monoisotopic (exact) mass is 217 g/mol. The molecule has 0 unspecified atom stereocenters. The zero-order chi connectivity index (χ0) is 11.9. The minimum absolute atomic E-state index is 0.0781. The number of nitrogens with zero attached hydrogens (tertiary/aromatic N) is 1. The Balaban J connectivity index is 2.54. The number of hydrogen-bond acceptors (Lipinski definition) is 3. The predicted molar refractivity (Wildman–Crippen MR) is 58.3 cm³/mol. The van der Waals surface area contributed by atoms with E-state index < -0.39 is 0 Å². The number of imide groups is 1. The minimum atomic E-state index is -0.315. The molecule has 0 spiro atoms. The third-order valence-electron chi connectivity index (χ3n) is 2.64. The third-order valence-corrected chi connectivity index (χ3v) is 2.64. The largest absolute Gasteiger partial charge is 0.295 e. The summed E-state index contributed by atoms with van der Waals surface area (Å²) < 4.78 is 0. The average Bonchev–Trinajstić information content (AvgIpc) is 2.51. The van der Waals surface area contributed by atoms with Gasteiger partial charge in [0.2, 0.25) is 11.8 Å². The van der Waals surface area contributed by atoms with Crippen LogP contribution in [0.15, 0.2) is 18.2 Å². The number of Topliss-reactive ketones (excluding diaryl/α,β-unsaturated/α-hetero) is 1. The van der Waals surface area contributed by atoms with Crippen LogP contribution in [0.25, 0.3) is 0 Å². The molecule has 1 aliphatic heterocycles. The molecule has 1 heterocycles. The van der Waals surface area contributed by atoms with E-state index in [2.05, 4.69) is 0 Å². The van der Waals surface area contributed by atoms with Crippen LogP contribution in [-0.4, -0.2) is 17.6 Å². The number of ketones is 1. The summed E-state index contributed by atoms with van der Waals surface area (Å²) in [6.07, 6.45) is 0.229. The summed E-state index contributed by atoms with van der Waals surface area (Å²) in [5, 5.41) is 0. The van der Waals surface area contributed by atoms with Gasteiger partial charge in [-0.2, -0.15) is 0 Å². The minimum Gasteiger partial charge on any atom is -0.295 e. The van der Waals surface area contributed by atoms with Crippen molar-refractivity contribution in [2.45, 2.75) is 20.3 Å². The van der Waals surface area contributed by atoms with Gasteiger partial charge < -0.3 is 0 Å². The van der Waals surface area contributed by atoms with Crippen LogP contribution in [0.1, 0.15) is 29.8 Å². The van der Waals surface area contributed by atoms with Crippen molar-refractivity contribution in [3.05, 3.63) is 29.3 Å². The van der Waals surface area contributed by atoms with Gasteiger partial charge in [-0.25, -0.2) is 0 Å². The van der Waals surface area contributed by atoms with Gasteiger partial charge in [0, 0.05) is 12.5 Å². The zero-order valence-corrected chi connectivity index (χ0v) is 9.11. The van der Waals surface area contributed by atoms with Crippen LogP contribution in [0.2, 0.25) is 0 Å². The summed E-state index contributed by atoms with van der Waals surface area (Å²) in [5.74, 6) is -0.627. The number of amides is 2. The first-order chi connectivity index (χ1) is 7.50. The molecule has 0 atom stereocenters. The topological polar surface area (TPSA) is 54.5 Å². The van der Waals surface area contributed by atoms with Crippen LogP contribution in [0.3, 0.4) is 0 Å². The molecule has 4 heteroatoms. The summed E-state index contributed by atoms with van der Waals surface area (Å²) in [4.78, 5) is 35.2. The number of hydrogen-bond donors (Lipinski definition) is 0. The molecule has 0 saturated heterocycles. The second kappa shape index (κ2) is 3.56. The molecule has 1 aromatic carbocycles. The average molecular weight is 217 g/mol. The van der Waals surface area contributed by atoms with E-state index in [1.54, 1.807) is 18.2 Å². The molecule has 0 N–H and O–H groups in total. The number of carbonyl (C=O) groups excluding carboxylic acids is 3. The van der Waals surface area contributed by atoms with E-state index in [0.717, 1.165) is 10.5 Å². The van der Waals surface area contributed by atoms with Gasteiger partial charge in [-0.05, 0) is 18.6 Å². The predicted octanol–water partition coefficient (Wildman–Crippen LogP) is 1.32.